The van der Waals surface area contributed by atoms with Gasteiger partial charge in [0.25, 0.3) is 0 Å². The number of aromatic nitrogens is 3. The van der Waals surface area contributed by atoms with Crippen molar-refractivity contribution in [3.05, 3.63) is 89.2 Å². The molecule has 8 heteroatoms. The maximum atomic E-state index is 13.9. The molecule has 1 atom stereocenters. The first-order chi connectivity index (χ1) is 19.0. The Morgan fingerprint density at radius 3 is 2.35 bits per heavy atom. The Bertz CT molecular complexity index is 1590. The molecule has 1 fully saturated rings. The van der Waals surface area contributed by atoms with Crippen molar-refractivity contribution in [3.63, 3.8) is 0 Å². The summed E-state index contributed by atoms with van der Waals surface area (Å²) in [6.45, 7) is 10.1. The summed E-state index contributed by atoms with van der Waals surface area (Å²) >= 11 is 0. The Balaban J connectivity index is 1.41. The molecule has 8 nitrogen and oxygen atoms in total. The molecule has 0 N–H and O–H groups in total. The first kappa shape index (κ1) is 25.9. The number of methoxy groups -OCH3 is 1. The largest absolute Gasteiger partial charge is 0.497 e. The van der Waals surface area contributed by atoms with Crippen LogP contribution in [0.5, 0.6) is 5.75 Å². The van der Waals surface area contributed by atoms with Crippen LogP contribution in [0.2, 0.25) is 0 Å². The molecule has 0 saturated carbocycles. The average molecular weight is 536 g/mol. The smallest absolute Gasteiger partial charge is 0.238 e. The molecule has 1 saturated heterocycles. The van der Waals surface area contributed by atoms with Crippen molar-refractivity contribution in [1.29, 1.82) is 0 Å². The van der Waals surface area contributed by atoms with Gasteiger partial charge in [0.1, 0.15) is 23.2 Å². The number of fused-ring (bicyclic) bond motifs is 2. The number of hydrogen-bond acceptors (Lipinski definition) is 6. The topological polar surface area (TPSA) is 88.5 Å². The Labute approximate surface area is 234 Å². The standard InChI is InChI=1S/C32H33N5O3/c1-19-33-16-22(17-34-19)21-9-12-24-26(15-21)37(30(39)31(24,2)3)27-14-13-25-28(35-27)36(29(38)32(25,4)5)18-20-7-10-23(40-6)11-8-20/h7-11,13-17,24H,12,18H2,1-6H3. The quantitative estimate of drug-likeness (QED) is 0.436. The van der Waals surface area contributed by atoms with Crippen molar-refractivity contribution in [1.82, 2.24) is 15.0 Å². The number of hydrogen-bond donors (Lipinski definition) is 0. The summed E-state index contributed by atoms with van der Waals surface area (Å²) in [4.78, 5) is 44.7. The van der Waals surface area contributed by atoms with Gasteiger partial charge in [-0.05, 0) is 62.6 Å². The van der Waals surface area contributed by atoms with Gasteiger partial charge in [0.2, 0.25) is 11.8 Å². The van der Waals surface area contributed by atoms with Crippen LogP contribution in [0.15, 0.2) is 66.6 Å². The predicted molar refractivity (Wildman–Crippen MR) is 154 cm³/mol. The number of allylic oxidation sites excluding steroid dienone is 4. The van der Waals surface area contributed by atoms with E-state index in [4.69, 9.17) is 9.72 Å². The highest BCUT2D eigenvalue weighted by atomic mass is 16.5. The van der Waals surface area contributed by atoms with Gasteiger partial charge in [-0.15, -0.1) is 0 Å². The maximum absolute atomic E-state index is 13.9. The molecule has 3 aromatic rings. The van der Waals surface area contributed by atoms with Gasteiger partial charge in [-0.1, -0.05) is 38.1 Å². The molecule has 204 valence electrons. The number of carbonyl (C=O) groups excluding carboxylic acids is 2. The fraction of sp³-hybridized carbons (Fsp3) is 0.344. The lowest BCUT2D eigenvalue weighted by atomic mass is 9.75. The van der Waals surface area contributed by atoms with E-state index >= 15 is 0 Å². The second-order valence-electron chi connectivity index (χ2n) is 11.8. The average Bonchev–Trinajstić information content (AvgIpc) is 3.26. The molecule has 3 aliphatic rings. The third-order valence-electron chi connectivity index (χ3n) is 8.53. The van der Waals surface area contributed by atoms with Gasteiger partial charge < -0.3 is 4.74 Å². The summed E-state index contributed by atoms with van der Waals surface area (Å²) in [5.74, 6) is 2.58. The van der Waals surface area contributed by atoms with E-state index in [-0.39, 0.29) is 17.7 Å². The van der Waals surface area contributed by atoms with Crippen molar-refractivity contribution in [2.24, 2.45) is 11.3 Å². The van der Waals surface area contributed by atoms with Gasteiger partial charge in [0.05, 0.1) is 24.5 Å². The second kappa shape index (κ2) is 9.11. The Hall–Kier alpha value is -4.33. The lowest BCUT2D eigenvalue weighted by Gasteiger charge is -2.26. The summed E-state index contributed by atoms with van der Waals surface area (Å²) < 4.78 is 5.29. The number of carbonyl (C=O) groups is 2. The number of amides is 2. The minimum Gasteiger partial charge on any atom is -0.497 e. The van der Waals surface area contributed by atoms with Gasteiger partial charge in [-0.2, -0.15) is 0 Å². The normalized spacial score (nSPS) is 20.7. The van der Waals surface area contributed by atoms with Crippen LogP contribution >= 0.6 is 0 Å². The Kier molecular flexibility index (Phi) is 5.91. The summed E-state index contributed by atoms with van der Waals surface area (Å²) in [6.07, 6.45) is 8.58. The van der Waals surface area contributed by atoms with Crippen molar-refractivity contribution in [2.75, 3.05) is 16.9 Å². The van der Waals surface area contributed by atoms with E-state index in [0.717, 1.165) is 40.1 Å². The predicted octanol–water partition coefficient (Wildman–Crippen LogP) is 5.37. The van der Waals surface area contributed by atoms with Gasteiger partial charge in [0, 0.05) is 35.1 Å². The van der Waals surface area contributed by atoms with Gasteiger partial charge in [-0.25, -0.2) is 15.0 Å². The fourth-order valence-corrected chi connectivity index (χ4v) is 5.97. The van der Waals surface area contributed by atoms with Crippen molar-refractivity contribution in [3.8, 4) is 5.75 Å². The number of ether oxygens (including phenoxy) is 1. The first-order valence-corrected chi connectivity index (χ1v) is 13.5. The third kappa shape index (κ3) is 3.93. The zero-order valence-corrected chi connectivity index (χ0v) is 23.7. The molecule has 40 heavy (non-hydrogen) atoms. The molecule has 2 aromatic heterocycles. The van der Waals surface area contributed by atoms with Crippen LogP contribution in [-0.4, -0.2) is 33.9 Å². The molecule has 4 heterocycles. The van der Waals surface area contributed by atoms with Crippen LogP contribution in [0.4, 0.5) is 11.6 Å². The second-order valence-corrected chi connectivity index (χ2v) is 11.8. The number of aryl methyl sites for hydroxylation is 1. The summed E-state index contributed by atoms with van der Waals surface area (Å²) in [5, 5.41) is 0. The molecule has 6 rings (SSSR count). The number of pyridine rings is 1. The molecule has 1 unspecified atom stereocenters. The number of anilines is 2. The van der Waals surface area contributed by atoms with Crippen molar-refractivity contribution in [2.45, 2.75) is 53.0 Å². The molecular formula is C32H33N5O3. The molecule has 2 aliphatic heterocycles. The van der Waals surface area contributed by atoms with Crippen LogP contribution in [0.25, 0.3) is 5.57 Å². The summed E-state index contributed by atoms with van der Waals surface area (Å²) in [6, 6.07) is 11.5. The third-order valence-corrected chi connectivity index (χ3v) is 8.53. The molecule has 0 radical (unpaired) electrons. The highest BCUT2D eigenvalue weighted by Crippen LogP contribution is 2.51. The van der Waals surface area contributed by atoms with Crippen molar-refractivity contribution < 1.29 is 14.3 Å². The molecule has 1 aliphatic carbocycles. The SMILES string of the molecule is COc1ccc(CN2C(=O)C(C)(C)c3ccc(N4C(=O)C(C)(C)C5CC=C(c6cnc(C)nc6)C=C54)nc32)cc1. The molecule has 0 bridgehead atoms. The zero-order valence-electron chi connectivity index (χ0n) is 23.7. The monoisotopic (exact) mass is 535 g/mol. The highest BCUT2D eigenvalue weighted by molar-refractivity contribution is 6.08. The fourth-order valence-electron chi connectivity index (χ4n) is 5.97. The van der Waals surface area contributed by atoms with E-state index in [1.54, 1.807) is 16.9 Å². The lowest BCUT2D eigenvalue weighted by molar-refractivity contribution is -0.125. The molecule has 1 aromatic carbocycles. The molecule has 0 spiro atoms. The van der Waals surface area contributed by atoms with Crippen LogP contribution in [-0.2, 0) is 21.5 Å². The van der Waals surface area contributed by atoms with Crippen LogP contribution in [0.1, 0.15) is 56.6 Å². The zero-order chi connectivity index (χ0) is 28.4. The van der Waals surface area contributed by atoms with E-state index in [0.29, 0.717) is 24.0 Å². The molecule has 2 amide bonds. The number of rotatable bonds is 5. The van der Waals surface area contributed by atoms with Gasteiger partial charge in [0.15, 0.2) is 0 Å². The Morgan fingerprint density at radius 1 is 0.975 bits per heavy atom. The van der Waals surface area contributed by atoms with Crippen LogP contribution < -0.4 is 14.5 Å². The number of benzene rings is 1. The van der Waals surface area contributed by atoms with E-state index < -0.39 is 10.8 Å². The summed E-state index contributed by atoms with van der Waals surface area (Å²) in [5.41, 5.74) is 3.30. The maximum Gasteiger partial charge on any atom is 0.238 e. The van der Waals surface area contributed by atoms with E-state index in [2.05, 4.69) is 22.1 Å². The highest BCUT2D eigenvalue weighted by Gasteiger charge is 2.52. The van der Waals surface area contributed by atoms with Crippen LogP contribution in [0.3, 0.4) is 0 Å². The molecular weight excluding hydrogens is 502 g/mol. The lowest BCUT2D eigenvalue weighted by Crippen LogP contribution is -2.36. The minimum absolute atomic E-state index is 0.00343. The van der Waals surface area contributed by atoms with Crippen LogP contribution in [0, 0.1) is 18.3 Å². The van der Waals surface area contributed by atoms with E-state index in [1.165, 1.54) is 0 Å². The van der Waals surface area contributed by atoms with Gasteiger partial charge in [-0.3, -0.25) is 19.4 Å². The van der Waals surface area contributed by atoms with Gasteiger partial charge >= 0.3 is 0 Å². The number of nitrogens with zero attached hydrogens (tertiary/aromatic N) is 5. The van der Waals surface area contributed by atoms with E-state index in [1.807, 2.05) is 83.4 Å². The summed E-state index contributed by atoms with van der Waals surface area (Å²) in [7, 11) is 1.63. The van der Waals surface area contributed by atoms with Crippen molar-refractivity contribution >= 4 is 29.0 Å². The van der Waals surface area contributed by atoms with E-state index in [9.17, 15) is 9.59 Å². The Morgan fingerprint density at radius 2 is 1.68 bits per heavy atom. The first-order valence-electron chi connectivity index (χ1n) is 13.5. The minimum atomic E-state index is -0.727.